The molecule has 0 aliphatic carbocycles. The molecule has 0 radical (unpaired) electrons. The quantitative estimate of drug-likeness (QED) is 0.469. The number of hydrogen-bond donors (Lipinski definition) is 0. The molecule has 0 aromatic heterocycles. The minimum atomic E-state index is -0.331. The molecule has 0 spiro atoms. The Hall–Kier alpha value is -3.08. The minimum Gasteiger partial charge on any atom is -0.496 e. The Kier molecular flexibility index (Phi) is 4.80. The third-order valence-corrected chi connectivity index (χ3v) is 4.14. The molecule has 134 valence electrons. The number of allylic oxidation sites excluding steroid dienone is 1. The highest BCUT2D eigenvalue weighted by molar-refractivity contribution is 6.15. The van der Waals surface area contributed by atoms with Crippen LogP contribution in [0.25, 0.3) is 6.08 Å². The third-order valence-electron chi connectivity index (χ3n) is 4.14. The monoisotopic (exact) mass is 352 g/mol. The van der Waals surface area contributed by atoms with Crippen LogP contribution in [0.5, 0.6) is 17.2 Å². The Morgan fingerprint density at radius 3 is 2.54 bits per heavy atom. The summed E-state index contributed by atoms with van der Waals surface area (Å²) in [6.07, 6.45) is 1.65. The average molecular weight is 352 g/mol. The molecule has 3 rings (SSSR count). The number of methoxy groups -OCH3 is 1. The van der Waals surface area contributed by atoms with Crippen LogP contribution in [0.2, 0.25) is 0 Å². The van der Waals surface area contributed by atoms with Gasteiger partial charge in [-0.1, -0.05) is 32.0 Å². The van der Waals surface area contributed by atoms with E-state index in [1.807, 2.05) is 24.3 Å². The smallest absolute Gasteiger partial charge is 0.313 e. The van der Waals surface area contributed by atoms with Crippen molar-refractivity contribution in [3.63, 3.8) is 0 Å². The average Bonchev–Trinajstić information content (AvgIpc) is 2.94. The molecule has 0 N–H and O–H groups in total. The van der Waals surface area contributed by atoms with E-state index in [-0.39, 0.29) is 23.4 Å². The molecule has 0 saturated heterocycles. The van der Waals surface area contributed by atoms with Crippen molar-refractivity contribution in [1.82, 2.24) is 0 Å². The predicted octanol–water partition coefficient (Wildman–Crippen LogP) is 4.18. The lowest BCUT2D eigenvalue weighted by Gasteiger charge is -2.11. The van der Waals surface area contributed by atoms with E-state index in [0.717, 1.165) is 5.56 Å². The maximum Gasteiger partial charge on any atom is 0.313 e. The summed E-state index contributed by atoms with van der Waals surface area (Å²) in [5.41, 5.74) is 1.82. The van der Waals surface area contributed by atoms with Gasteiger partial charge in [0.15, 0.2) is 5.76 Å². The van der Waals surface area contributed by atoms with Crippen LogP contribution in [-0.2, 0) is 4.79 Å². The highest BCUT2D eigenvalue weighted by atomic mass is 16.5. The number of esters is 1. The van der Waals surface area contributed by atoms with Gasteiger partial charge in [-0.15, -0.1) is 0 Å². The zero-order chi connectivity index (χ0) is 18.8. The highest BCUT2D eigenvalue weighted by Gasteiger charge is 2.31. The number of rotatable bonds is 4. The molecular weight excluding hydrogens is 332 g/mol. The first kappa shape index (κ1) is 17.7. The summed E-state index contributed by atoms with van der Waals surface area (Å²) in [4.78, 5) is 24.5. The van der Waals surface area contributed by atoms with Crippen molar-refractivity contribution < 1.29 is 23.8 Å². The first-order chi connectivity index (χ1) is 12.4. The van der Waals surface area contributed by atoms with Crippen molar-refractivity contribution >= 4 is 17.8 Å². The molecular formula is C21H20O5. The first-order valence-corrected chi connectivity index (χ1v) is 8.35. The topological polar surface area (TPSA) is 61.8 Å². The van der Waals surface area contributed by atoms with Crippen LogP contribution < -0.4 is 14.2 Å². The minimum absolute atomic E-state index is 0.208. The van der Waals surface area contributed by atoms with Gasteiger partial charge in [-0.2, -0.15) is 0 Å². The second kappa shape index (κ2) is 7.04. The van der Waals surface area contributed by atoms with Gasteiger partial charge in [0.25, 0.3) is 0 Å². The number of fused-ring (bicyclic) bond motifs is 1. The highest BCUT2D eigenvalue weighted by Crippen LogP contribution is 2.39. The molecule has 0 unspecified atom stereocenters. The molecule has 1 heterocycles. The Balaban J connectivity index is 1.95. The van der Waals surface area contributed by atoms with Crippen molar-refractivity contribution in [3.05, 3.63) is 58.8 Å². The summed E-state index contributed by atoms with van der Waals surface area (Å²) in [7, 11) is 1.57. The summed E-state index contributed by atoms with van der Waals surface area (Å²) in [5, 5.41) is 0. The molecule has 0 fully saturated rings. The molecule has 5 heteroatoms. The third kappa shape index (κ3) is 3.20. The number of hydrogen-bond acceptors (Lipinski definition) is 5. The van der Waals surface area contributed by atoms with Gasteiger partial charge in [-0.25, -0.2) is 0 Å². The normalized spacial score (nSPS) is 14.3. The van der Waals surface area contributed by atoms with E-state index < -0.39 is 0 Å². The number of benzene rings is 2. The zero-order valence-electron chi connectivity index (χ0n) is 15.2. The van der Waals surface area contributed by atoms with E-state index in [1.54, 1.807) is 46.1 Å². The fraction of sp³-hybridized carbons (Fsp3) is 0.238. The lowest BCUT2D eigenvalue weighted by Crippen LogP contribution is -2.15. The molecule has 0 bridgehead atoms. The number of carbonyl (C=O) groups is 2. The van der Waals surface area contributed by atoms with Gasteiger partial charge in [-0.05, 0) is 31.2 Å². The van der Waals surface area contributed by atoms with E-state index in [0.29, 0.717) is 28.4 Å². The van der Waals surface area contributed by atoms with E-state index in [2.05, 4.69) is 0 Å². The summed E-state index contributed by atoms with van der Waals surface area (Å²) in [6, 6.07) is 10.6. The molecule has 0 amide bonds. The second-order valence-electron chi connectivity index (χ2n) is 6.32. The lowest BCUT2D eigenvalue weighted by atomic mass is 10.1. The molecule has 2 aromatic carbocycles. The lowest BCUT2D eigenvalue weighted by molar-refractivity contribution is -0.137. The fourth-order valence-electron chi connectivity index (χ4n) is 2.63. The van der Waals surface area contributed by atoms with Crippen LogP contribution in [0.1, 0.15) is 35.3 Å². The van der Waals surface area contributed by atoms with Gasteiger partial charge in [0.1, 0.15) is 17.2 Å². The molecule has 0 saturated carbocycles. The fourth-order valence-corrected chi connectivity index (χ4v) is 2.63. The molecule has 5 nitrogen and oxygen atoms in total. The van der Waals surface area contributed by atoms with Gasteiger partial charge in [0.05, 0.1) is 18.6 Å². The van der Waals surface area contributed by atoms with Crippen LogP contribution in [0.3, 0.4) is 0 Å². The second-order valence-corrected chi connectivity index (χ2v) is 6.32. The Morgan fingerprint density at radius 1 is 1.12 bits per heavy atom. The van der Waals surface area contributed by atoms with E-state index >= 15 is 0 Å². The van der Waals surface area contributed by atoms with Gasteiger partial charge in [-0.3, -0.25) is 9.59 Å². The maximum atomic E-state index is 12.7. The van der Waals surface area contributed by atoms with Gasteiger partial charge in [0.2, 0.25) is 5.78 Å². The molecule has 0 atom stereocenters. The first-order valence-electron chi connectivity index (χ1n) is 8.35. The van der Waals surface area contributed by atoms with Crippen molar-refractivity contribution in [2.24, 2.45) is 5.92 Å². The zero-order valence-corrected chi connectivity index (χ0v) is 15.2. The van der Waals surface area contributed by atoms with E-state index in [4.69, 9.17) is 14.2 Å². The van der Waals surface area contributed by atoms with Crippen LogP contribution >= 0.6 is 0 Å². The van der Waals surface area contributed by atoms with Gasteiger partial charge < -0.3 is 14.2 Å². The largest absolute Gasteiger partial charge is 0.496 e. The number of para-hydroxylation sites is 1. The number of Topliss-reactive ketones (excluding diaryl/α,β-unsaturated/α-hetero) is 1. The van der Waals surface area contributed by atoms with Gasteiger partial charge in [0, 0.05) is 11.1 Å². The maximum absolute atomic E-state index is 12.7. The van der Waals surface area contributed by atoms with Crippen LogP contribution in [0.4, 0.5) is 0 Å². The van der Waals surface area contributed by atoms with E-state index in [1.165, 1.54) is 0 Å². The summed E-state index contributed by atoms with van der Waals surface area (Å²) in [6.45, 7) is 5.29. The van der Waals surface area contributed by atoms with Crippen molar-refractivity contribution in [1.29, 1.82) is 0 Å². The van der Waals surface area contributed by atoms with Crippen molar-refractivity contribution in [3.8, 4) is 17.2 Å². The molecule has 2 aromatic rings. The Bertz CT molecular complexity index is 909. The van der Waals surface area contributed by atoms with Crippen LogP contribution in [-0.4, -0.2) is 18.9 Å². The van der Waals surface area contributed by atoms with E-state index in [9.17, 15) is 9.59 Å². The van der Waals surface area contributed by atoms with Gasteiger partial charge >= 0.3 is 5.97 Å². The molecule has 1 aliphatic heterocycles. The Morgan fingerprint density at radius 2 is 1.85 bits per heavy atom. The van der Waals surface area contributed by atoms with Crippen molar-refractivity contribution in [2.45, 2.75) is 20.8 Å². The van der Waals surface area contributed by atoms with Crippen molar-refractivity contribution in [2.75, 3.05) is 7.11 Å². The molecule has 1 aliphatic rings. The summed E-state index contributed by atoms with van der Waals surface area (Å²) < 4.78 is 16.5. The van der Waals surface area contributed by atoms with Crippen LogP contribution in [0, 0.1) is 12.8 Å². The number of ketones is 1. The number of ether oxygens (including phenoxy) is 3. The molecule has 26 heavy (non-hydrogen) atoms. The number of carbonyl (C=O) groups excluding carboxylic acids is 2. The summed E-state index contributed by atoms with van der Waals surface area (Å²) >= 11 is 0. The van der Waals surface area contributed by atoms with Crippen LogP contribution in [0.15, 0.2) is 42.2 Å². The standard InChI is InChI=1S/C21H20O5/c1-12(2)21(23)26-16-10-9-15-19(22)18(25-20(15)13(16)3)11-14-7-5-6-8-17(14)24-4/h5-12H,1-4H3/b18-11-. The SMILES string of the molecule is COc1ccccc1/C=C1\Oc2c(ccc(OC(=O)C(C)C)c2C)C1=O. The Labute approximate surface area is 152 Å². The predicted molar refractivity (Wildman–Crippen MR) is 97.6 cm³/mol. The summed E-state index contributed by atoms with van der Waals surface area (Å²) in [5.74, 6) is 0.888.